The number of benzene rings is 1. The summed E-state index contributed by atoms with van der Waals surface area (Å²) in [6.45, 7) is 4.56. The molecule has 18 heavy (non-hydrogen) atoms. The van der Waals surface area contributed by atoms with Crippen LogP contribution in [-0.2, 0) is 6.42 Å². The van der Waals surface area contributed by atoms with Crippen molar-refractivity contribution < 1.29 is 5.11 Å². The Labute approximate surface area is 112 Å². The molecule has 0 unspecified atom stereocenters. The molecule has 0 fully saturated rings. The zero-order chi connectivity index (χ0) is 13.1. The van der Waals surface area contributed by atoms with Crippen LogP contribution in [0.15, 0.2) is 18.2 Å². The number of aliphatic hydroxyl groups excluding tert-OH is 1. The van der Waals surface area contributed by atoms with Gasteiger partial charge in [-0.25, -0.2) is 4.98 Å². The molecule has 1 atom stereocenters. The third-order valence-electron chi connectivity index (χ3n) is 3.31. The summed E-state index contributed by atoms with van der Waals surface area (Å²) < 4.78 is 2.27. The number of halogens is 1. The molecule has 2 rings (SSSR count). The SMILES string of the molecule is CC[C@@H](C)n1c(CCCO)nc2cc(Cl)ccc21. The number of nitrogens with zero attached hydrogens (tertiary/aromatic N) is 2. The molecule has 3 nitrogen and oxygen atoms in total. The van der Waals surface area contributed by atoms with Crippen LogP contribution in [-0.4, -0.2) is 21.3 Å². The van der Waals surface area contributed by atoms with Gasteiger partial charge >= 0.3 is 0 Å². The lowest BCUT2D eigenvalue weighted by molar-refractivity contribution is 0.286. The summed E-state index contributed by atoms with van der Waals surface area (Å²) in [5.41, 5.74) is 2.07. The van der Waals surface area contributed by atoms with E-state index >= 15 is 0 Å². The van der Waals surface area contributed by atoms with Crippen molar-refractivity contribution in [2.75, 3.05) is 6.61 Å². The van der Waals surface area contributed by atoms with Gasteiger partial charge < -0.3 is 9.67 Å². The van der Waals surface area contributed by atoms with E-state index in [1.807, 2.05) is 18.2 Å². The van der Waals surface area contributed by atoms with E-state index in [0.29, 0.717) is 11.1 Å². The van der Waals surface area contributed by atoms with Crippen molar-refractivity contribution in [3.8, 4) is 0 Å². The second kappa shape index (κ2) is 5.72. The molecule has 0 saturated heterocycles. The lowest BCUT2D eigenvalue weighted by Crippen LogP contribution is -2.09. The Balaban J connectivity index is 2.53. The minimum Gasteiger partial charge on any atom is -0.396 e. The van der Waals surface area contributed by atoms with Gasteiger partial charge in [0.1, 0.15) is 5.82 Å². The highest BCUT2D eigenvalue weighted by molar-refractivity contribution is 6.31. The third-order valence-corrected chi connectivity index (χ3v) is 3.55. The van der Waals surface area contributed by atoms with Crippen molar-refractivity contribution in [1.82, 2.24) is 9.55 Å². The molecule has 1 heterocycles. The summed E-state index contributed by atoms with van der Waals surface area (Å²) in [6.07, 6.45) is 2.60. The van der Waals surface area contributed by atoms with Crippen LogP contribution in [0, 0.1) is 0 Å². The predicted octanol–water partition coefficient (Wildman–Crippen LogP) is 3.59. The highest BCUT2D eigenvalue weighted by Gasteiger charge is 2.14. The fourth-order valence-electron chi connectivity index (χ4n) is 2.21. The summed E-state index contributed by atoms with van der Waals surface area (Å²) in [5.74, 6) is 1.04. The fourth-order valence-corrected chi connectivity index (χ4v) is 2.38. The Morgan fingerprint density at radius 3 is 2.89 bits per heavy atom. The number of aromatic nitrogens is 2. The van der Waals surface area contributed by atoms with Gasteiger partial charge in [-0.1, -0.05) is 18.5 Å². The van der Waals surface area contributed by atoms with Gasteiger partial charge in [-0.15, -0.1) is 0 Å². The number of aliphatic hydroxyl groups is 1. The van der Waals surface area contributed by atoms with Crippen molar-refractivity contribution in [1.29, 1.82) is 0 Å². The van der Waals surface area contributed by atoms with Gasteiger partial charge in [0.05, 0.1) is 11.0 Å². The molecule has 0 spiro atoms. The van der Waals surface area contributed by atoms with Crippen molar-refractivity contribution >= 4 is 22.6 Å². The molecule has 1 aromatic heterocycles. The van der Waals surface area contributed by atoms with E-state index in [0.717, 1.165) is 36.1 Å². The first kappa shape index (κ1) is 13.4. The maximum absolute atomic E-state index is 8.98. The topological polar surface area (TPSA) is 38.0 Å². The number of rotatable bonds is 5. The van der Waals surface area contributed by atoms with E-state index in [-0.39, 0.29) is 6.61 Å². The average Bonchev–Trinajstić information content (AvgIpc) is 2.72. The summed E-state index contributed by atoms with van der Waals surface area (Å²) in [5, 5.41) is 9.69. The van der Waals surface area contributed by atoms with E-state index in [2.05, 4.69) is 23.4 Å². The Bertz CT molecular complexity index is 536. The van der Waals surface area contributed by atoms with Crippen LogP contribution >= 0.6 is 11.6 Å². The first-order valence-electron chi connectivity index (χ1n) is 6.44. The van der Waals surface area contributed by atoms with Crippen LogP contribution in [0.4, 0.5) is 0 Å². The van der Waals surface area contributed by atoms with Crippen molar-refractivity contribution in [2.24, 2.45) is 0 Å². The molecule has 98 valence electrons. The fraction of sp³-hybridized carbons (Fsp3) is 0.500. The van der Waals surface area contributed by atoms with Gasteiger partial charge in [0.15, 0.2) is 0 Å². The maximum atomic E-state index is 8.98. The highest BCUT2D eigenvalue weighted by Crippen LogP contribution is 2.26. The molecule has 0 amide bonds. The predicted molar refractivity (Wildman–Crippen MR) is 75.2 cm³/mol. The standard InChI is InChI=1S/C14H19ClN2O/c1-3-10(2)17-13-7-6-11(15)9-12(13)16-14(17)5-4-8-18/h6-7,9-10,18H,3-5,8H2,1-2H3/t10-/m1/s1. The number of fused-ring (bicyclic) bond motifs is 1. The Kier molecular flexibility index (Phi) is 4.25. The molecule has 0 aliphatic rings. The molecule has 0 radical (unpaired) electrons. The van der Waals surface area contributed by atoms with Crippen molar-refractivity contribution in [3.05, 3.63) is 29.0 Å². The van der Waals surface area contributed by atoms with E-state index < -0.39 is 0 Å². The van der Waals surface area contributed by atoms with Crippen molar-refractivity contribution in [3.63, 3.8) is 0 Å². The molecule has 0 aliphatic heterocycles. The molecule has 1 N–H and O–H groups in total. The normalized spacial score (nSPS) is 13.1. The van der Waals surface area contributed by atoms with Gasteiger partial charge in [0, 0.05) is 24.1 Å². The summed E-state index contributed by atoms with van der Waals surface area (Å²) >= 11 is 6.01. The molecule has 2 aromatic rings. The van der Waals surface area contributed by atoms with Crippen LogP contribution in [0.25, 0.3) is 11.0 Å². The monoisotopic (exact) mass is 266 g/mol. The minimum atomic E-state index is 0.199. The third kappa shape index (κ3) is 2.52. The van der Waals surface area contributed by atoms with Gasteiger partial charge in [-0.3, -0.25) is 0 Å². The molecule has 0 bridgehead atoms. The number of hydrogen-bond acceptors (Lipinski definition) is 2. The quantitative estimate of drug-likeness (QED) is 0.898. The molecular formula is C14H19ClN2O. The summed E-state index contributed by atoms with van der Waals surface area (Å²) in [7, 11) is 0. The summed E-state index contributed by atoms with van der Waals surface area (Å²) in [4.78, 5) is 4.65. The minimum absolute atomic E-state index is 0.199. The molecule has 0 aliphatic carbocycles. The average molecular weight is 267 g/mol. The van der Waals surface area contributed by atoms with Gasteiger partial charge in [0.2, 0.25) is 0 Å². The largest absolute Gasteiger partial charge is 0.396 e. The number of imidazole rings is 1. The Morgan fingerprint density at radius 1 is 1.44 bits per heavy atom. The lowest BCUT2D eigenvalue weighted by Gasteiger charge is -2.15. The lowest BCUT2D eigenvalue weighted by atomic mass is 10.2. The number of aryl methyl sites for hydroxylation is 1. The zero-order valence-electron chi connectivity index (χ0n) is 10.9. The van der Waals surface area contributed by atoms with Crippen LogP contribution in [0.3, 0.4) is 0 Å². The van der Waals surface area contributed by atoms with Gasteiger partial charge in [-0.05, 0) is 38.0 Å². The van der Waals surface area contributed by atoms with Crippen molar-refractivity contribution in [2.45, 2.75) is 39.2 Å². The molecular weight excluding hydrogens is 248 g/mol. The van der Waals surface area contributed by atoms with Crippen LogP contribution in [0.1, 0.15) is 38.6 Å². The molecule has 1 aromatic carbocycles. The molecule has 4 heteroatoms. The Hall–Kier alpha value is -1.06. The van der Waals surface area contributed by atoms with E-state index in [9.17, 15) is 0 Å². The molecule has 0 saturated carbocycles. The number of hydrogen-bond donors (Lipinski definition) is 1. The second-order valence-corrected chi connectivity index (χ2v) is 5.05. The zero-order valence-corrected chi connectivity index (χ0v) is 11.6. The van der Waals surface area contributed by atoms with Crippen LogP contribution in [0.2, 0.25) is 5.02 Å². The second-order valence-electron chi connectivity index (χ2n) is 4.62. The van der Waals surface area contributed by atoms with E-state index in [1.165, 1.54) is 0 Å². The van der Waals surface area contributed by atoms with Crippen LogP contribution < -0.4 is 0 Å². The smallest absolute Gasteiger partial charge is 0.110 e. The van der Waals surface area contributed by atoms with Crippen LogP contribution in [0.5, 0.6) is 0 Å². The van der Waals surface area contributed by atoms with E-state index in [4.69, 9.17) is 16.7 Å². The maximum Gasteiger partial charge on any atom is 0.110 e. The first-order chi connectivity index (χ1) is 8.67. The Morgan fingerprint density at radius 2 is 2.22 bits per heavy atom. The van der Waals surface area contributed by atoms with E-state index in [1.54, 1.807) is 0 Å². The summed E-state index contributed by atoms with van der Waals surface area (Å²) in [6, 6.07) is 6.24. The first-order valence-corrected chi connectivity index (χ1v) is 6.82. The van der Waals surface area contributed by atoms with Gasteiger partial charge in [0.25, 0.3) is 0 Å². The highest BCUT2D eigenvalue weighted by atomic mass is 35.5. The van der Waals surface area contributed by atoms with Gasteiger partial charge in [-0.2, -0.15) is 0 Å².